The molecule has 3 heterocycles. The lowest BCUT2D eigenvalue weighted by Gasteiger charge is -2.02. The van der Waals surface area contributed by atoms with E-state index in [2.05, 4.69) is 25.6 Å². The zero-order valence-electron chi connectivity index (χ0n) is 14.3. The van der Waals surface area contributed by atoms with E-state index in [9.17, 15) is 9.13 Å². The molecule has 0 bridgehead atoms. The highest BCUT2D eigenvalue weighted by Crippen LogP contribution is 2.34. The van der Waals surface area contributed by atoms with Crippen LogP contribution in [0.25, 0.3) is 22.8 Å². The Balaban J connectivity index is 1.74. The Morgan fingerprint density at radius 1 is 0.750 bits per heavy atom. The summed E-state index contributed by atoms with van der Waals surface area (Å²) in [4.78, 5) is 40.1. The standard InChI is InChI=1S/C13H17N7O6P2/c21-27(22,23)6-4-19-8-12(15-17-19)10-2-1-3-11(14-10)13-9-20(18-16-13)5-7-28(24,25)26/h1-3,8-9H,4-7H2,(H2,21,22,23)(H2,24,25,26). The van der Waals surface area contributed by atoms with E-state index in [0.29, 0.717) is 22.8 Å². The van der Waals surface area contributed by atoms with E-state index in [1.807, 2.05) is 0 Å². The molecule has 0 radical (unpaired) electrons. The number of aryl methyl sites for hydroxylation is 2. The van der Waals surface area contributed by atoms with E-state index in [4.69, 9.17) is 19.6 Å². The minimum atomic E-state index is -4.13. The summed E-state index contributed by atoms with van der Waals surface area (Å²) >= 11 is 0. The molecule has 13 nitrogen and oxygen atoms in total. The molecule has 0 aromatic carbocycles. The molecule has 0 atom stereocenters. The van der Waals surface area contributed by atoms with E-state index < -0.39 is 15.2 Å². The van der Waals surface area contributed by atoms with Crippen LogP contribution in [0.5, 0.6) is 0 Å². The van der Waals surface area contributed by atoms with Crippen LogP contribution in [0, 0.1) is 0 Å². The van der Waals surface area contributed by atoms with Crippen molar-refractivity contribution in [1.29, 1.82) is 0 Å². The minimum absolute atomic E-state index is 0.0187. The van der Waals surface area contributed by atoms with Gasteiger partial charge in [0.2, 0.25) is 0 Å². The number of hydrogen-bond donors (Lipinski definition) is 4. The number of pyridine rings is 1. The van der Waals surface area contributed by atoms with Gasteiger partial charge in [-0.2, -0.15) is 0 Å². The number of hydrogen-bond acceptors (Lipinski definition) is 7. The van der Waals surface area contributed by atoms with Crippen LogP contribution in [0.1, 0.15) is 0 Å². The van der Waals surface area contributed by atoms with Crippen LogP contribution in [-0.4, -0.2) is 66.9 Å². The van der Waals surface area contributed by atoms with Crippen molar-refractivity contribution in [1.82, 2.24) is 35.0 Å². The van der Waals surface area contributed by atoms with Crippen molar-refractivity contribution in [2.45, 2.75) is 13.1 Å². The predicted octanol–water partition coefficient (Wildman–Crippen LogP) is -0.0460. The first-order chi connectivity index (χ1) is 13.1. The molecule has 0 unspecified atom stereocenters. The average Bonchev–Trinajstić information content (AvgIpc) is 3.27. The SMILES string of the molecule is O=P(O)(O)CCn1cc(-c2cccc(-c3cn(CCP(=O)(O)O)nn3)n2)nn1. The van der Waals surface area contributed by atoms with Gasteiger partial charge in [0.15, 0.2) is 0 Å². The summed E-state index contributed by atoms with van der Waals surface area (Å²) in [6, 6.07) is 5.11. The number of aromatic nitrogens is 7. The first kappa shape index (κ1) is 20.5. The molecular formula is C13H17N7O6P2. The molecule has 0 saturated heterocycles. The first-order valence-corrected chi connectivity index (χ1v) is 11.6. The third kappa shape index (κ3) is 5.86. The normalized spacial score (nSPS) is 12.4. The molecule has 0 fully saturated rings. The molecule has 3 aromatic heterocycles. The molecule has 28 heavy (non-hydrogen) atoms. The maximum absolute atomic E-state index is 10.9. The Hall–Kier alpha value is -2.27. The smallest absolute Gasteiger partial charge is 0.324 e. The third-order valence-electron chi connectivity index (χ3n) is 3.59. The van der Waals surface area contributed by atoms with Crippen LogP contribution in [-0.2, 0) is 22.2 Å². The zero-order valence-corrected chi connectivity index (χ0v) is 16.1. The van der Waals surface area contributed by atoms with Crippen molar-refractivity contribution < 1.29 is 28.7 Å². The first-order valence-electron chi connectivity index (χ1n) is 7.96. The largest absolute Gasteiger partial charge is 0.327 e. The van der Waals surface area contributed by atoms with Gasteiger partial charge in [-0.15, -0.1) is 10.2 Å². The van der Waals surface area contributed by atoms with Crippen molar-refractivity contribution in [3.63, 3.8) is 0 Å². The van der Waals surface area contributed by atoms with Gasteiger partial charge in [0, 0.05) is 0 Å². The van der Waals surface area contributed by atoms with Crippen molar-refractivity contribution in [3.05, 3.63) is 30.6 Å². The molecule has 0 saturated carbocycles. The molecule has 0 aliphatic heterocycles. The van der Waals surface area contributed by atoms with Gasteiger partial charge in [-0.1, -0.05) is 16.5 Å². The Bertz CT molecular complexity index is 976. The fraction of sp³-hybridized carbons (Fsp3) is 0.308. The zero-order chi connectivity index (χ0) is 20.4. The Kier molecular flexibility index (Phi) is 5.84. The van der Waals surface area contributed by atoms with E-state index in [-0.39, 0.29) is 25.4 Å². The number of nitrogens with zero attached hydrogens (tertiary/aromatic N) is 7. The quantitative estimate of drug-likeness (QED) is 0.351. The highest BCUT2D eigenvalue weighted by molar-refractivity contribution is 7.51. The van der Waals surface area contributed by atoms with Gasteiger partial charge < -0.3 is 19.6 Å². The molecule has 0 aliphatic rings. The lowest BCUT2D eigenvalue weighted by molar-refractivity contribution is 0.366. The van der Waals surface area contributed by atoms with Gasteiger partial charge in [-0.05, 0) is 12.1 Å². The monoisotopic (exact) mass is 429 g/mol. The minimum Gasteiger partial charge on any atom is -0.324 e. The molecule has 3 aromatic rings. The van der Waals surface area contributed by atoms with Crippen LogP contribution in [0.15, 0.2) is 30.6 Å². The van der Waals surface area contributed by atoms with Crippen molar-refractivity contribution in [3.8, 4) is 22.8 Å². The van der Waals surface area contributed by atoms with Gasteiger partial charge in [0.05, 0.1) is 49.2 Å². The third-order valence-corrected chi connectivity index (χ3v) is 5.16. The molecule has 0 amide bonds. The van der Waals surface area contributed by atoms with Crippen LogP contribution in [0.4, 0.5) is 0 Å². The van der Waals surface area contributed by atoms with Gasteiger partial charge in [0.25, 0.3) is 0 Å². The summed E-state index contributed by atoms with van der Waals surface area (Å²) < 4.78 is 24.5. The summed E-state index contributed by atoms with van der Waals surface area (Å²) in [5, 5.41) is 15.6. The topological polar surface area (TPSA) is 189 Å². The van der Waals surface area contributed by atoms with Gasteiger partial charge >= 0.3 is 15.2 Å². The summed E-state index contributed by atoms with van der Waals surface area (Å²) in [6.07, 6.45) is 2.36. The maximum atomic E-state index is 10.9. The molecule has 3 rings (SSSR count). The van der Waals surface area contributed by atoms with Gasteiger partial charge in [0.1, 0.15) is 11.4 Å². The van der Waals surface area contributed by atoms with Crippen molar-refractivity contribution in [2.24, 2.45) is 0 Å². The summed E-state index contributed by atoms with van der Waals surface area (Å²) in [5.41, 5.74) is 1.79. The molecule has 150 valence electrons. The Morgan fingerprint density at radius 2 is 1.18 bits per heavy atom. The van der Waals surface area contributed by atoms with Crippen LogP contribution < -0.4 is 0 Å². The molecular weight excluding hydrogens is 412 g/mol. The Morgan fingerprint density at radius 3 is 1.57 bits per heavy atom. The highest BCUT2D eigenvalue weighted by atomic mass is 31.2. The van der Waals surface area contributed by atoms with Crippen LogP contribution in [0.2, 0.25) is 0 Å². The average molecular weight is 429 g/mol. The second-order valence-corrected chi connectivity index (χ2v) is 9.47. The predicted molar refractivity (Wildman–Crippen MR) is 96.1 cm³/mol. The summed E-state index contributed by atoms with van der Waals surface area (Å²) in [5.74, 6) is 0. The Labute approximate surface area is 158 Å². The molecule has 0 spiro atoms. The lowest BCUT2D eigenvalue weighted by atomic mass is 10.2. The van der Waals surface area contributed by atoms with Crippen molar-refractivity contribution in [2.75, 3.05) is 12.3 Å². The lowest BCUT2D eigenvalue weighted by Crippen LogP contribution is -2.03. The van der Waals surface area contributed by atoms with Crippen molar-refractivity contribution >= 4 is 15.2 Å². The molecule has 0 aliphatic carbocycles. The van der Waals surface area contributed by atoms with E-state index in [1.54, 1.807) is 18.2 Å². The number of rotatable bonds is 8. The maximum Gasteiger partial charge on any atom is 0.327 e. The second-order valence-electron chi connectivity index (χ2n) is 5.92. The fourth-order valence-electron chi connectivity index (χ4n) is 2.24. The summed E-state index contributed by atoms with van der Waals surface area (Å²) in [7, 11) is -8.25. The van der Waals surface area contributed by atoms with Gasteiger partial charge in [-0.25, -0.2) is 4.98 Å². The molecule has 15 heteroatoms. The second kappa shape index (κ2) is 8.00. The van der Waals surface area contributed by atoms with Crippen LogP contribution >= 0.6 is 15.2 Å². The van der Waals surface area contributed by atoms with Gasteiger partial charge in [-0.3, -0.25) is 18.5 Å². The fourth-order valence-corrected chi connectivity index (χ4v) is 3.17. The van der Waals surface area contributed by atoms with E-state index >= 15 is 0 Å². The van der Waals surface area contributed by atoms with E-state index in [1.165, 1.54) is 21.8 Å². The van der Waals surface area contributed by atoms with E-state index in [0.717, 1.165) is 0 Å². The highest BCUT2D eigenvalue weighted by Gasteiger charge is 2.16. The summed E-state index contributed by atoms with van der Waals surface area (Å²) in [6.45, 7) is 0.0374. The molecule has 4 N–H and O–H groups in total. The van der Waals surface area contributed by atoms with Crippen LogP contribution in [0.3, 0.4) is 0 Å².